The molecule has 7 heteroatoms. The number of primary amides is 1. The van der Waals surface area contributed by atoms with Gasteiger partial charge in [0.2, 0.25) is 5.95 Å². The van der Waals surface area contributed by atoms with E-state index in [1.165, 1.54) is 7.11 Å². The smallest absolute Gasteiger partial charge is 0.424 e. The number of amides is 3. The molecule has 2 aromatic rings. The summed E-state index contributed by atoms with van der Waals surface area (Å²) in [7, 11) is 1.19. The van der Waals surface area contributed by atoms with Crippen LogP contribution < -0.4 is 10.6 Å². The summed E-state index contributed by atoms with van der Waals surface area (Å²) in [6.45, 7) is 2.69. The van der Waals surface area contributed by atoms with Gasteiger partial charge in [-0.3, -0.25) is 0 Å². The minimum Gasteiger partial charge on any atom is -0.452 e. The van der Waals surface area contributed by atoms with Crippen LogP contribution >= 0.6 is 0 Å². The molecule has 112 valence electrons. The monoisotopic (exact) mass is 290 g/mol. The average molecular weight is 290 g/mol. The van der Waals surface area contributed by atoms with E-state index in [-0.39, 0.29) is 5.95 Å². The van der Waals surface area contributed by atoms with Gasteiger partial charge >= 0.3 is 12.1 Å². The second kappa shape index (κ2) is 6.25. The number of benzene rings is 1. The number of para-hydroxylation sites is 2. The Balaban J connectivity index is 2.59. The molecule has 0 saturated carbocycles. The molecular weight excluding hydrogens is 272 g/mol. The number of carbonyl (C=O) groups is 2. The maximum absolute atomic E-state index is 11.8. The van der Waals surface area contributed by atoms with E-state index >= 15 is 0 Å². The van der Waals surface area contributed by atoms with E-state index in [9.17, 15) is 9.59 Å². The van der Waals surface area contributed by atoms with Crippen molar-refractivity contribution < 1.29 is 14.3 Å². The van der Waals surface area contributed by atoms with Crippen molar-refractivity contribution in [2.24, 2.45) is 5.73 Å². The Morgan fingerprint density at radius 2 is 2.10 bits per heavy atom. The van der Waals surface area contributed by atoms with Crippen molar-refractivity contribution in [1.82, 2.24) is 9.55 Å². The van der Waals surface area contributed by atoms with Gasteiger partial charge in [-0.2, -0.15) is 4.90 Å². The number of nitrogens with two attached hydrogens (primary N) is 1. The summed E-state index contributed by atoms with van der Waals surface area (Å²) < 4.78 is 6.42. The molecular formula is C14H18N4O3. The average Bonchev–Trinajstić information content (AvgIpc) is 2.82. The normalized spacial score (nSPS) is 10.6. The number of urea groups is 1. The minimum atomic E-state index is -0.921. The molecule has 21 heavy (non-hydrogen) atoms. The molecule has 2 rings (SSSR count). The van der Waals surface area contributed by atoms with Crippen LogP contribution in [0.25, 0.3) is 11.0 Å². The van der Waals surface area contributed by atoms with Gasteiger partial charge < -0.3 is 15.0 Å². The first-order chi connectivity index (χ1) is 10.1. The number of hydrogen-bond acceptors (Lipinski definition) is 4. The third-order valence-electron chi connectivity index (χ3n) is 3.15. The lowest BCUT2D eigenvalue weighted by Gasteiger charge is -2.17. The first kappa shape index (κ1) is 14.8. The first-order valence-corrected chi connectivity index (χ1v) is 6.73. The van der Waals surface area contributed by atoms with Gasteiger partial charge in [0, 0.05) is 6.54 Å². The number of nitrogens with zero attached hydrogens (tertiary/aromatic N) is 3. The number of carbonyl (C=O) groups excluding carboxylic acids is 2. The number of hydrogen-bond donors (Lipinski definition) is 1. The number of ether oxygens (including phenoxy) is 1. The van der Waals surface area contributed by atoms with Gasteiger partial charge in [-0.25, -0.2) is 14.6 Å². The highest BCUT2D eigenvalue weighted by molar-refractivity contribution is 6.10. The van der Waals surface area contributed by atoms with Crippen LogP contribution in [-0.2, 0) is 11.3 Å². The molecule has 0 saturated heterocycles. The molecule has 1 heterocycles. The molecule has 0 atom stereocenters. The quantitative estimate of drug-likeness (QED) is 0.936. The molecule has 0 aliphatic heterocycles. The van der Waals surface area contributed by atoms with Crippen molar-refractivity contribution in [3.63, 3.8) is 0 Å². The Morgan fingerprint density at radius 1 is 1.38 bits per heavy atom. The lowest BCUT2D eigenvalue weighted by Crippen LogP contribution is -2.42. The fourth-order valence-corrected chi connectivity index (χ4v) is 2.13. The van der Waals surface area contributed by atoms with Crippen LogP contribution in [0.1, 0.15) is 19.8 Å². The van der Waals surface area contributed by atoms with Crippen molar-refractivity contribution in [2.75, 3.05) is 12.0 Å². The van der Waals surface area contributed by atoms with E-state index in [0.717, 1.165) is 23.3 Å². The predicted molar refractivity (Wildman–Crippen MR) is 79.1 cm³/mol. The SMILES string of the molecule is CCCCn1c(N(C(N)=O)C(=O)OC)nc2ccccc21. The van der Waals surface area contributed by atoms with Crippen LogP contribution in [0.5, 0.6) is 0 Å². The van der Waals surface area contributed by atoms with Crippen LogP contribution in [0.4, 0.5) is 15.5 Å². The van der Waals surface area contributed by atoms with Crippen LogP contribution in [0, 0.1) is 0 Å². The van der Waals surface area contributed by atoms with E-state index in [4.69, 9.17) is 5.73 Å². The van der Waals surface area contributed by atoms with Gasteiger partial charge in [0.1, 0.15) is 0 Å². The van der Waals surface area contributed by atoms with Crippen molar-refractivity contribution in [3.05, 3.63) is 24.3 Å². The van der Waals surface area contributed by atoms with Crippen LogP contribution in [0.2, 0.25) is 0 Å². The number of anilines is 1. The molecule has 7 nitrogen and oxygen atoms in total. The van der Waals surface area contributed by atoms with Crippen LogP contribution in [-0.4, -0.2) is 28.8 Å². The third kappa shape index (κ3) is 2.81. The first-order valence-electron chi connectivity index (χ1n) is 6.73. The number of aryl methyl sites for hydroxylation is 1. The molecule has 2 N–H and O–H groups in total. The van der Waals surface area contributed by atoms with Gasteiger partial charge in [-0.15, -0.1) is 0 Å². The fourth-order valence-electron chi connectivity index (χ4n) is 2.13. The molecule has 0 radical (unpaired) electrons. The second-order valence-corrected chi connectivity index (χ2v) is 4.55. The summed E-state index contributed by atoms with van der Waals surface area (Å²) in [6.07, 6.45) is 1.01. The largest absolute Gasteiger partial charge is 0.452 e. The Labute approximate surface area is 122 Å². The molecule has 0 unspecified atom stereocenters. The Morgan fingerprint density at radius 3 is 2.71 bits per heavy atom. The molecule has 0 aliphatic rings. The molecule has 0 fully saturated rings. The van der Waals surface area contributed by atoms with E-state index in [1.807, 2.05) is 24.3 Å². The van der Waals surface area contributed by atoms with Crippen LogP contribution in [0.3, 0.4) is 0 Å². The van der Waals surface area contributed by atoms with E-state index in [1.54, 1.807) is 4.57 Å². The second-order valence-electron chi connectivity index (χ2n) is 4.55. The molecule has 0 aliphatic carbocycles. The number of imidazole rings is 1. The fraction of sp³-hybridized carbons (Fsp3) is 0.357. The van der Waals surface area contributed by atoms with E-state index in [0.29, 0.717) is 12.1 Å². The lowest BCUT2D eigenvalue weighted by atomic mass is 10.3. The predicted octanol–water partition coefficient (Wildman–Crippen LogP) is 2.49. The number of aromatic nitrogens is 2. The Hall–Kier alpha value is -2.57. The summed E-state index contributed by atoms with van der Waals surface area (Å²) in [5, 5.41) is 0. The van der Waals surface area contributed by atoms with Crippen LogP contribution in [0.15, 0.2) is 24.3 Å². The van der Waals surface area contributed by atoms with Crippen molar-refractivity contribution in [3.8, 4) is 0 Å². The maximum Gasteiger partial charge on any atom is 0.424 e. The third-order valence-corrected chi connectivity index (χ3v) is 3.15. The zero-order valence-corrected chi connectivity index (χ0v) is 12.1. The number of methoxy groups -OCH3 is 1. The lowest BCUT2D eigenvalue weighted by molar-refractivity contribution is 0.178. The van der Waals surface area contributed by atoms with Gasteiger partial charge in [0.25, 0.3) is 0 Å². The summed E-state index contributed by atoms with van der Waals surface area (Å²) in [5.74, 6) is 0.184. The summed E-state index contributed by atoms with van der Waals surface area (Å²) >= 11 is 0. The standard InChI is InChI=1S/C14H18N4O3/c1-3-4-9-17-11-8-6-5-7-10(11)16-13(17)18(12(15)19)14(20)21-2/h5-8H,3-4,9H2,1-2H3,(H2,15,19). The maximum atomic E-state index is 11.8. The zero-order chi connectivity index (χ0) is 15.4. The zero-order valence-electron chi connectivity index (χ0n) is 12.1. The molecule has 0 bridgehead atoms. The number of fused-ring (bicyclic) bond motifs is 1. The topological polar surface area (TPSA) is 90.5 Å². The van der Waals surface area contributed by atoms with E-state index < -0.39 is 12.1 Å². The highest BCUT2D eigenvalue weighted by Crippen LogP contribution is 2.23. The van der Waals surface area contributed by atoms with Gasteiger partial charge in [-0.1, -0.05) is 25.5 Å². The highest BCUT2D eigenvalue weighted by atomic mass is 16.5. The highest BCUT2D eigenvalue weighted by Gasteiger charge is 2.27. The number of rotatable bonds is 4. The molecule has 1 aromatic heterocycles. The van der Waals surface area contributed by atoms with Crippen molar-refractivity contribution in [2.45, 2.75) is 26.3 Å². The molecule has 1 aromatic carbocycles. The Bertz CT molecular complexity index is 665. The number of imide groups is 1. The van der Waals surface area contributed by atoms with Crippen molar-refractivity contribution in [1.29, 1.82) is 0 Å². The molecule has 3 amide bonds. The summed E-state index contributed by atoms with van der Waals surface area (Å²) in [5.41, 5.74) is 6.83. The number of unbranched alkanes of at least 4 members (excludes halogenated alkanes) is 1. The molecule has 0 spiro atoms. The Kier molecular flexibility index (Phi) is 4.42. The van der Waals surface area contributed by atoms with Gasteiger partial charge in [0.05, 0.1) is 18.1 Å². The van der Waals surface area contributed by atoms with E-state index in [2.05, 4.69) is 16.6 Å². The summed E-state index contributed by atoms with van der Waals surface area (Å²) in [6, 6.07) is 6.50. The summed E-state index contributed by atoms with van der Waals surface area (Å²) in [4.78, 5) is 28.5. The van der Waals surface area contributed by atoms with Gasteiger partial charge in [0.15, 0.2) is 0 Å². The van der Waals surface area contributed by atoms with Gasteiger partial charge in [-0.05, 0) is 18.6 Å². The van der Waals surface area contributed by atoms with Crippen molar-refractivity contribution >= 4 is 29.1 Å². The minimum absolute atomic E-state index is 0.184.